The van der Waals surface area contributed by atoms with Gasteiger partial charge in [-0.15, -0.1) is 0 Å². The highest BCUT2D eigenvalue weighted by atomic mass is 16.5. The molecule has 0 saturated carbocycles. The summed E-state index contributed by atoms with van der Waals surface area (Å²) in [4.78, 5) is 32.6. The first kappa shape index (κ1) is 23.9. The molecule has 0 spiro atoms. The molecule has 0 N–H and O–H groups in total. The van der Waals surface area contributed by atoms with Crippen LogP contribution in [0.15, 0.2) is 66.7 Å². The van der Waals surface area contributed by atoms with E-state index >= 15 is 0 Å². The third-order valence-corrected chi connectivity index (χ3v) is 6.07. The predicted octanol–water partition coefficient (Wildman–Crippen LogP) is 3.90. The maximum atomic E-state index is 14.0. The van der Waals surface area contributed by atoms with Gasteiger partial charge in [-0.25, -0.2) is 0 Å². The summed E-state index contributed by atoms with van der Waals surface area (Å²) < 4.78 is 16.1. The van der Waals surface area contributed by atoms with Crippen molar-refractivity contribution in [1.29, 1.82) is 0 Å². The minimum absolute atomic E-state index is 0.125. The molecule has 3 aromatic carbocycles. The third kappa shape index (κ3) is 4.59. The van der Waals surface area contributed by atoms with E-state index in [4.69, 9.17) is 14.2 Å². The number of anilines is 3. The number of ether oxygens (including phenoxy) is 3. The zero-order valence-corrected chi connectivity index (χ0v) is 20.5. The molecule has 35 heavy (non-hydrogen) atoms. The van der Waals surface area contributed by atoms with Crippen LogP contribution in [0.4, 0.5) is 17.1 Å². The van der Waals surface area contributed by atoms with Gasteiger partial charge in [0, 0.05) is 31.5 Å². The second kappa shape index (κ2) is 9.97. The van der Waals surface area contributed by atoms with Crippen molar-refractivity contribution in [2.75, 3.05) is 56.7 Å². The number of carbonyl (C=O) groups is 2. The first-order chi connectivity index (χ1) is 16.9. The molecule has 4 rings (SSSR count). The van der Waals surface area contributed by atoms with E-state index in [0.717, 1.165) is 5.69 Å². The average Bonchev–Trinajstić information content (AvgIpc) is 2.89. The maximum absolute atomic E-state index is 14.0. The van der Waals surface area contributed by atoms with Crippen LogP contribution < -0.4 is 28.9 Å². The fourth-order valence-corrected chi connectivity index (χ4v) is 4.19. The number of benzene rings is 3. The third-order valence-electron chi connectivity index (χ3n) is 6.07. The molecule has 3 aromatic rings. The van der Waals surface area contributed by atoms with Crippen LogP contribution in [-0.2, 0) is 9.59 Å². The molecular formula is C27H29N3O5. The average molecular weight is 476 g/mol. The molecule has 1 aliphatic rings. The minimum atomic E-state index is -0.854. The largest absolute Gasteiger partial charge is 0.497 e. The van der Waals surface area contributed by atoms with Gasteiger partial charge in [-0.3, -0.25) is 19.4 Å². The Kier molecular flexibility index (Phi) is 6.82. The van der Waals surface area contributed by atoms with Crippen molar-refractivity contribution < 1.29 is 23.8 Å². The summed E-state index contributed by atoms with van der Waals surface area (Å²) in [7, 11) is 8.57. The molecule has 1 atom stereocenters. The van der Waals surface area contributed by atoms with Crippen LogP contribution in [0.1, 0.15) is 11.6 Å². The molecule has 182 valence electrons. The lowest BCUT2D eigenvalue weighted by molar-refractivity contribution is -0.128. The number of amides is 2. The molecule has 0 bridgehead atoms. The Morgan fingerprint density at radius 2 is 1.43 bits per heavy atom. The van der Waals surface area contributed by atoms with E-state index in [9.17, 15) is 9.59 Å². The van der Waals surface area contributed by atoms with Crippen molar-refractivity contribution >= 4 is 28.9 Å². The van der Waals surface area contributed by atoms with Crippen LogP contribution in [0.25, 0.3) is 0 Å². The molecule has 0 aromatic heterocycles. The van der Waals surface area contributed by atoms with Gasteiger partial charge in [0.25, 0.3) is 5.91 Å². The maximum Gasteiger partial charge on any atom is 0.255 e. The predicted molar refractivity (Wildman–Crippen MR) is 136 cm³/mol. The lowest BCUT2D eigenvalue weighted by Crippen LogP contribution is -2.56. The topological polar surface area (TPSA) is 71.5 Å². The van der Waals surface area contributed by atoms with Crippen molar-refractivity contribution in [3.05, 3.63) is 72.3 Å². The first-order valence-electron chi connectivity index (χ1n) is 11.1. The fraction of sp³-hybridized carbons (Fsp3) is 0.259. The number of piperazine rings is 1. The summed E-state index contributed by atoms with van der Waals surface area (Å²) in [6.45, 7) is -0.125. The van der Waals surface area contributed by atoms with Crippen molar-refractivity contribution in [2.24, 2.45) is 0 Å². The van der Waals surface area contributed by atoms with Crippen molar-refractivity contribution in [2.45, 2.75) is 6.04 Å². The molecule has 1 saturated heterocycles. The van der Waals surface area contributed by atoms with Gasteiger partial charge in [0.05, 0.1) is 27.0 Å². The molecule has 8 nitrogen and oxygen atoms in total. The van der Waals surface area contributed by atoms with Gasteiger partial charge < -0.3 is 19.1 Å². The molecule has 1 aliphatic heterocycles. The van der Waals surface area contributed by atoms with E-state index in [2.05, 4.69) is 0 Å². The van der Waals surface area contributed by atoms with Crippen molar-refractivity contribution in [1.82, 2.24) is 0 Å². The Balaban J connectivity index is 1.81. The molecule has 2 amide bonds. The van der Waals surface area contributed by atoms with Crippen molar-refractivity contribution in [3.8, 4) is 17.2 Å². The SMILES string of the molecule is COc1ccc(N2C(=O)CN(c3ccc(OC)cc3OC)C(=O)C2c2ccc(N(C)C)cc2)cc1. The number of methoxy groups -OCH3 is 3. The summed E-state index contributed by atoms with van der Waals surface area (Å²) in [6, 6.07) is 19.1. The number of hydrogen-bond donors (Lipinski definition) is 0. The van der Waals surface area contributed by atoms with Gasteiger partial charge in [0.15, 0.2) is 0 Å². The van der Waals surface area contributed by atoms with Crippen LogP contribution >= 0.6 is 0 Å². The Morgan fingerprint density at radius 1 is 0.800 bits per heavy atom. The van der Waals surface area contributed by atoms with Crippen LogP contribution in [0.2, 0.25) is 0 Å². The highest BCUT2D eigenvalue weighted by molar-refractivity contribution is 6.15. The number of carbonyl (C=O) groups excluding carboxylic acids is 2. The number of hydrogen-bond acceptors (Lipinski definition) is 6. The normalized spacial score (nSPS) is 15.7. The molecule has 8 heteroatoms. The molecule has 0 aliphatic carbocycles. The van der Waals surface area contributed by atoms with Gasteiger partial charge in [-0.2, -0.15) is 0 Å². The van der Waals surface area contributed by atoms with Gasteiger partial charge in [0.1, 0.15) is 29.8 Å². The van der Waals surface area contributed by atoms with Crippen molar-refractivity contribution in [3.63, 3.8) is 0 Å². The van der Waals surface area contributed by atoms with E-state index in [1.54, 1.807) is 61.6 Å². The van der Waals surface area contributed by atoms with Crippen LogP contribution in [-0.4, -0.2) is 53.8 Å². The zero-order chi connectivity index (χ0) is 25.1. The zero-order valence-electron chi connectivity index (χ0n) is 20.5. The number of nitrogens with zero attached hydrogens (tertiary/aromatic N) is 3. The standard InChI is InChI=1S/C27H29N3O5/c1-28(2)19-8-6-18(7-9-19)26-27(32)29(23-15-14-22(34-4)16-24(23)35-5)17-25(31)30(26)20-10-12-21(33-3)13-11-20/h6-16,26H,17H2,1-5H3. The molecular weight excluding hydrogens is 446 g/mol. The summed E-state index contributed by atoms with van der Waals surface area (Å²) >= 11 is 0. The van der Waals surface area contributed by atoms with E-state index in [1.165, 1.54) is 12.0 Å². The monoisotopic (exact) mass is 475 g/mol. The summed E-state index contributed by atoms with van der Waals surface area (Å²) in [5, 5.41) is 0. The molecule has 1 heterocycles. The first-order valence-corrected chi connectivity index (χ1v) is 11.1. The molecule has 1 unspecified atom stereocenters. The van der Waals surface area contributed by atoms with E-state index < -0.39 is 6.04 Å². The molecule has 0 radical (unpaired) electrons. The van der Waals surface area contributed by atoms with Crippen LogP contribution in [0.5, 0.6) is 17.2 Å². The Hall–Kier alpha value is -4.20. The summed E-state index contributed by atoms with van der Waals surface area (Å²) in [5.74, 6) is 1.26. The summed E-state index contributed by atoms with van der Waals surface area (Å²) in [5.41, 5.74) is 2.83. The fourth-order valence-electron chi connectivity index (χ4n) is 4.19. The van der Waals surface area contributed by atoms with Crippen LogP contribution in [0.3, 0.4) is 0 Å². The second-order valence-corrected chi connectivity index (χ2v) is 8.31. The van der Waals surface area contributed by atoms with Crippen LogP contribution in [0, 0.1) is 0 Å². The molecule has 1 fully saturated rings. The second-order valence-electron chi connectivity index (χ2n) is 8.31. The van der Waals surface area contributed by atoms with E-state index in [1.807, 2.05) is 43.3 Å². The number of rotatable bonds is 7. The lowest BCUT2D eigenvalue weighted by Gasteiger charge is -2.40. The Labute approximate surface area is 205 Å². The van der Waals surface area contributed by atoms with Gasteiger partial charge >= 0.3 is 0 Å². The van der Waals surface area contributed by atoms with E-state index in [-0.39, 0.29) is 18.4 Å². The Bertz CT molecular complexity index is 1210. The lowest BCUT2D eigenvalue weighted by atomic mass is 9.98. The summed E-state index contributed by atoms with van der Waals surface area (Å²) in [6.07, 6.45) is 0. The smallest absolute Gasteiger partial charge is 0.255 e. The minimum Gasteiger partial charge on any atom is -0.497 e. The quantitative estimate of drug-likeness (QED) is 0.516. The Morgan fingerprint density at radius 3 is 2.00 bits per heavy atom. The van der Waals surface area contributed by atoms with E-state index in [0.29, 0.717) is 34.2 Å². The highest BCUT2D eigenvalue weighted by Gasteiger charge is 2.42. The van der Waals surface area contributed by atoms with Gasteiger partial charge in [-0.05, 0) is 54.1 Å². The van der Waals surface area contributed by atoms with Gasteiger partial charge in [0.2, 0.25) is 5.91 Å². The van der Waals surface area contributed by atoms with Gasteiger partial charge in [-0.1, -0.05) is 12.1 Å². The highest BCUT2D eigenvalue weighted by Crippen LogP contribution is 2.39.